The van der Waals surface area contributed by atoms with Gasteiger partial charge in [-0.3, -0.25) is 5.10 Å². The predicted octanol–water partition coefficient (Wildman–Crippen LogP) is 2.38. The van der Waals surface area contributed by atoms with Gasteiger partial charge in [0.1, 0.15) is 0 Å². The highest BCUT2D eigenvalue weighted by atomic mass is 32.2. The molecule has 0 fully saturated rings. The number of rotatable bonds is 4. The molecule has 0 aliphatic heterocycles. The minimum absolute atomic E-state index is 0.103. The summed E-state index contributed by atoms with van der Waals surface area (Å²) in [4.78, 5) is 0. The van der Waals surface area contributed by atoms with Crippen LogP contribution in [0, 0.1) is 0 Å². The molecule has 5 nitrogen and oxygen atoms in total. The predicted molar refractivity (Wildman–Crippen MR) is 81.2 cm³/mol. The van der Waals surface area contributed by atoms with Crippen LogP contribution in [-0.2, 0) is 16.6 Å². The molecule has 0 saturated carbocycles. The summed E-state index contributed by atoms with van der Waals surface area (Å²) < 4.78 is 25.9. The number of hydrogen-bond acceptors (Lipinski definition) is 3. The number of aromatic amines is 1. The Bertz CT molecular complexity index is 858. The minimum Gasteiger partial charge on any atom is -0.266 e. The molecule has 108 valence electrons. The van der Waals surface area contributed by atoms with Gasteiger partial charge in [-0.15, -0.1) is 0 Å². The van der Waals surface area contributed by atoms with E-state index in [9.17, 15) is 8.42 Å². The summed E-state index contributed by atoms with van der Waals surface area (Å²) in [6.07, 6.45) is 1.43. The zero-order chi connectivity index (χ0) is 14.9. The molecule has 0 unspecified atom stereocenters. The highest BCUT2D eigenvalue weighted by Gasteiger charge is 2.22. The third-order valence-electron chi connectivity index (χ3n) is 3.38. The van der Waals surface area contributed by atoms with Crippen molar-refractivity contribution in [3.8, 4) is 0 Å². The van der Waals surface area contributed by atoms with E-state index in [4.69, 9.17) is 0 Å². The van der Waals surface area contributed by atoms with Gasteiger partial charge < -0.3 is 0 Å². The maximum atomic E-state index is 12.3. The van der Waals surface area contributed by atoms with Crippen molar-refractivity contribution in [3.05, 3.63) is 60.3 Å². The first kappa shape index (κ1) is 13.8. The Morgan fingerprint density at radius 1 is 1.10 bits per heavy atom. The molecule has 2 aromatic carbocycles. The van der Waals surface area contributed by atoms with Gasteiger partial charge >= 0.3 is 0 Å². The highest BCUT2D eigenvalue weighted by Crippen LogP contribution is 2.19. The first-order valence-electron chi connectivity index (χ1n) is 6.51. The van der Waals surface area contributed by atoms with Crippen LogP contribution in [0.4, 0.5) is 0 Å². The zero-order valence-electron chi connectivity index (χ0n) is 11.5. The second kappa shape index (κ2) is 5.31. The molecule has 0 amide bonds. The summed E-state index contributed by atoms with van der Waals surface area (Å²) >= 11 is 0. The number of nitrogens with zero attached hydrogens (tertiary/aromatic N) is 2. The molecule has 0 aliphatic carbocycles. The van der Waals surface area contributed by atoms with Gasteiger partial charge in [-0.25, -0.2) is 8.42 Å². The van der Waals surface area contributed by atoms with E-state index < -0.39 is 10.0 Å². The molecule has 1 aromatic heterocycles. The van der Waals surface area contributed by atoms with Crippen molar-refractivity contribution in [2.45, 2.75) is 11.6 Å². The molecule has 3 rings (SSSR count). The van der Waals surface area contributed by atoms with Crippen molar-refractivity contribution >= 4 is 20.8 Å². The maximum absolute atomic E-state index is 12.3. The summed E-state index contributed by atoms with van der Waals surface area (Å²) in [5.74, 6) is 0. The van der Waals surface area contributed by atoms with Crippen molar-refractivity contribution in [2.24, 2.45) is 0 Å². The minimum atomic E-state index is -3.53. The van der Waals surface area contributed by atoms with Gasteiger partial charge in [-0.2, -0.15) is 9.40 Å². The Hall–Kier alpha value is -2.18. The monoisotopic (exact) mass is 301 g/mol. The quantitative estimate of drug-likeness (QED) is 0.804. The standard InChI is InChI=1S/C15H15N3O2S/c1-18(21(19,20)15-8-9-16-17-15)11-12-6-7-13-4-2-3-5-14(13)10-12/h2-10H,11H2,1H3,(H,16,17). The molecule has 0 saturated heterocycles. The highest BCUT2D eigenvalue weighted by molar-refractivity contribution is 7.89. The van der Waals surface area contributed by atoms with Gasteiger partial charge in [-0.1, -0.05) is 36.4 Å². The van der Waals surface area contributed by atoms with Gasteiger partial charge in [0.2, 0.25) is 0 Å². The summed E-state index contributed by atoms with van der Waals surface area (Å²) in [5.41, 5.74) is 0.944. The first-order chi connectivity index (χ1) is 10.1. The number of aromatic nitrogens is 2. The van der Waals surface area contributed by atoms with Crippen molar-refractivity contribution < 1.29 is 8.42 Å². The van der Waals surface area contributed by atoms with Gasteiger partial charge in [0.05, 0.1) is 6.20 Å². The fraction of sp³-hybridized carbons (Fsp3) is 0.133. The molecule has 0 radical (unpaired) electrons. The molecule has 3 aromatic rings. The lowest BCUT2D eigenvalue weighted by Gasteiger charge is -2.16. The maximum Gasteiger partial charge on any atom is 0.260 e. The van der Waals surface area contributed by atoms with Crippen LogP contribution in [-0.4, -0.2) is 30.0 Å². The van der Waals surface area contributed by atoms with Crippen LogP contribution in [0.25, 0.3) is 10.8 Å². The lowest BCUT2D eigenvalue weighted by Crippen LogP contribution is -2.26. The van der Waals surface area contributed by atoms with E-state index >= 15 is 0 Å². The molecule has 0 atom stereocenters. The Morgan fingerprint density at radius 2 is 1.86 bits per heavy atom. The van der Waals surface area contributed by atoms with Crippen LogP contribution in [0.1, 0.15) is 5.56 Å². The van der Waals surface area contributed by atoms with E-state index in [2.05, 4.69) is 10.2 Å². The summed E-state index contributed by atoms with van der Waals surface area (Å²) in [6.45, 7) is 0.312. The molecule has 21 heavy (non-hydrogen) atoms. The first-order valence-corrected chi connectivity index (χ1v) is 7.95. The second-order valence-electron chi connectivity index (χ2n) is 4.86. The van der Waals surface area contributed by atoms with E-state index in [1.54, 1.807) is 7.05 Å². The summed E-state index contributed by atoms with van der Waals surface area (Å²) in [6, 6.07) is 15.4. The number of H-pyrrole nitrogens is 1. The SMILES string of the molecule is CN(Cc1ccc2ccccc2c1)S(=O)(=O)c1ccn[nH]1. The smallest absolute Gasteiger partial charge is 0.260 e. The third-order valence-corrected chi connectivity index (χ3v) is 5.12. The lowest BCUT2D eigenvalue weighted by atomic mass is 10.1. The van der Waals surface area contributed by atoms with Crippen molar-refractivity contribution in [1.29, 1.82) is 0 Å². The average Bonchev–Trinajstić information content (AvgIpc) is 3.02. The van der Waals surface area contributed by atoms with E-state index in [0.717, 1.165) is 16.3 Å². The molecular formula is C15H15N3O2S. The zero-order valence-corrected chi connectivity index (χ0v) is 12.3. The fourth-order valence-electron chi connectivity index (χ4n) is 2.23. The number of sulfonamides is 1. The van der Waals surface area contributed by atoms with E-state index in [1.807, 2.05) is 42.5 Å². The lowest BCUT2D eigenvalue weighted by molar-refractivity contribution is 0.464. The molecule has 1 heterocycles. The molecule has 6 heteroatoms. The average molecular weight is 301 g/mol. The van der Waals surface area contributed by atoms with Crippen molar-refractivity contribution in [2.75, 3.05) is 7.05 Å². The van der Waals surface area contributed by atoms with Crippen LogP contribution in [0.5, 0.6) is 0 Å². The Balaban J connectivity index is 1.88. The molecular weight excluding hydrogens is 286 g/mol. The van der Waals surface area contributed by atoms with Crippen LogP contribution in [0.2, 0.25) is 0 Å². The van der Waals surface area contributed by atoms with Crippen LogP contribution in [0.3, 0.4) is 0 Å². The number of hydrogen-bond donors (Lipinski definition) is 1. The van der Waals surface area contributed by atoms with Gasteiger partial charge in [0.15, 0.2) is 5.03 Å². The van der Waals surface area contributed by atoms with Gasteiger partial charge in [0, 0.05) is 13.6 Å². The third kappa shape index (κ3) is 2.68. The van der Waals surface area contributed by atoms with Crippen LogP contribution in [0.15, 0.2) is 59.8 Å². The fourth-order valence-corrected chi connectivity index (χ4v) is 3.29. The number of benzene rings is 2. The Kier molecular flexibility index (Phi) is 3.48. The van der Waals surface area contributed by atoms with Crippen LogP contribution < -0.4 is 0 Å². The Labute approximate surface area is 123 Å². The summed E-state index contributed by atoms with van der Waals surface area (Å²) in [5, 5.41) is 8.52. The largest absolute Gasteiger partial charge is 0.266 e. The van der Waals surface area contributed by atoms with Crippen molar-refractivity contribution in [1.82, 2.24) is 14.5 Å². The normalized spacial score (nSPS) is 12.1. The molecule has 0 aliphatic rings. The van der Waals surface area contributed by atoms with E-state index in [1.165, 1.54) is 16.6 Å². The van der Waals surface area contributed by atoms with E-state index in [-0.39, 0.29) is 5.03 Å². The van der Waals surface area contributed by atoms with Gasteiger partial charge in [0.25, 0.3) is 10.0 Å². The topological polar surface area (TPSA) is 66.1 Å². The second-order valence-corrected chi connectivity index (χ2v) is 6.88. The molecule has 0 spiro atoms. The van der Waals surface area contributed by atoms with Crippen LogP contribution >= 0.6 is 0 Å². The van der Waals surface area contributed by atoms with E-state index in [0.29, 0.717) is 6.54 Å². The number of fused-ring (bicyclic) bond motifs is 1. The van der Waals surface area contributed by atoms with Gasteiger partial charge in [-0.05, 0) is 28.5 Å². The molecule has 0 bridgehead atoms. The summed E-state index contributed by atoms with van der Waals surface area (Å²) in [7, 11) is -1.97. The van der Waals surface area contributed by atoms with Crippen molar-refractivity contribution in [3.63, 3.8) is 0 Å². The number of nitrogens with one attached hydrogen (secondary N) is 1. The Morgan fingerprint density at radius 3 is 2.57 bits per heavy atom. The molecule has 1 N–H and O–H groups in total.